The van der Waals surface area contributed by atoms with Crippen LogP contribution in [0.1, 0.15) is 35.6 Å². The van der Waals surface area contributed by atoms with Gasteiger partial charge in [0.2, 0.25) is 0 Å². The summed E-state index contributed by atoms with van der Waals surface area (Å²) < 4.78 is 0. The third kappa shape index (κ3) is 3.78. The van der Waals surface area contributed by atoms with Crippen LogP contribution in [0.3, 0.4) is 0 Å². The molecule has 0 radical (unpaired) electrons. The normalized spacial score (nSPS) is 16.2. The van der Waals surface area contributed by atoms with E-state index in [0.29, 0.717) is 6.54 Å². The lowest BCUT2D eigenvalue weighted by Gasteiger charge is -2.21. The van der Waals surface area contributed by atoms with Gasteiger partial charge in [0.05, 0.1) is 12.6 Å². The van der Waals surface area contributed by atoms with Gasteiger partial charge >= 0.3 is 5.97 Å². The molecule has 0 heterocycles. The zero-order valence-corrected chi connectivity index (χ0v) is 11.3. The van der Waals surface area contributed by atoms with Gasteiger partial charge in [-0.3, -0.25) is 9.69 Å². The number of aryl methyl sites for hydroxylation is 2. The zero-order valence-electron chi connectivity index (χ0n) is 11.3. The number of nitrogens with zero attached hydrogens (tertiary/aromatic N) is 1. The average Bonchev–Trinajstić information content (AvgIpc) is 2.37. The van der Waals surface area contributed by atoms with E-state index in [1.165, 1.54) is 24.0 Å². The Bertz CT molecular complexity index is 459. The molecule has 0 spiro atoms. The predicted molar refractivity (Wildman–Crippen MR) is 73.2 cm³/mol. The molecular weight excluding hydrogens is 242 g/mol. The molecule has 2 N–H and O–H groups in total. The average molecular weight is 263 g/mol. The Balaban J connectivity index is 2.02. The van der Waals surface area contributed by atoms with E-state index in [1.807, 2.05) is 6.07 Å². The number of benzene rings is 1. The third-order valence-electron chi connectivity index (χ3n) is 3.65. The van der Waals surface area contributed by atoms with E-state index in [0.717, 1.165) is 18.4 Å². The molecule has 1 aliphatic rings. The van der Waals surface area contributed by atoms with Gasteiger partial charge in [-0.15, -0.1) is 0 Å². The molecule has 0 amide bonds. The van der Waals surface area contributed by atoms with E-state index in [9.17, 15) is 9.90 Å². The topological polar surface area (TPSA) is 60.8 Å². The minimum atomic E-state index is -0.875. The second-order valence-electron chi connectivity index (χ2n) is 5.34. The highest BCUT2D eigenvalue weighted by molar-refractivity contribution is 5.69. The standard InChI is InChI=1S/C15H21NO3/c1-16(10-15(18)19)9-14(17)13-7-6-11-4-2-3-5-12(11)8-13/h6-8,14,17H,2-5,9-10H2,1H3,(H,18,19). The number of aliphatic carboxylic acids is 1. The van der Waals surface area contributed by atoms with Crippen molar-refractivity contribution in [1.82, 2.24) is 4.90 Å². The SMILES string of the molecule is CN(CC(=O)O)CC(O)c1ccc2c(c1)CCCC2. The van der Waals surface area contributed by atoms with Gasteiger partial charge in [-0.1, -0.05) is 18.2 Å². The lowest BCUT2D eigenvalue weighted by Crippen LogP contribution is -2.30. The highest BCUT2D eigenvalue weighted by Gasteiger charge is 2.15. The molecule has 4 heteroatoms. The fraction of sp³-hybridized carbons (Fsp3) is 0.533. The van der Waals surface area contributed by atoms with Crippen molar-refractivity contribution in [3.8, 4) is 0 Å². The first-order chi connectivity index (χ1) is 9.06. The number of fused-ring (bicyclic) bond motifs is 1. The molecule has 104 valence electrons. The van der Waals surface area contributed by atoms with Gasteiger partial charge in [0.25, 0.3) is 0 Å². The van der Waals surface area contributed by atoms with Crippen LogP contribution in [0.2, 0.25) is 0 Å². The van der Waals surface area contributed by atoms with Gasteiger partial charge in [-0.25, -0.2) is 0 Å². The minimum absolute atomic E-state index is 0.0536. The zero-order chi connectivity index (χ0) is 13.8. The van der Waals surface area contributed by atoms with E-state index in [-0.39, 0.29) is 6.54 Å². The molecule has 2 rings (SSSR count). The molecule has 0 saturated carbocycles. The maximum Gasteiger partial charge on any atom is 0.317 e. The van der Waals surface area contributed by atoms with E-state index in [4.69, 9.17) is 5.11 Å². The van der Waals surface area contributed by atoms with E-state index in [2.05, 4.69) is 12.1 Å². The van der Waals surface area contributed by atoms with Gasteiger partial charge in [-0.05, 0) is 49.4 Å². The molecule has 4 nitrogen and oxygen atoms in total. The number of carbonyl (C=O) groups is 1. The summed E-state index contributed by atoms with van der Waals surface area (Å²) in [6, 6.07) is 6.14. The summed E-state index contributed by atoms with van der Waals surface area (Å²) in [6.45, 7) is 0.285. The molecule has 1 atom stereocenters. The molecule has 1 aromatic carbocycles. The van der Waals surface area contributed by atoms with Crippen LogP contribution in [-0.4, -0.2) is 41.2 Å². The van der Waals surface area contributed by atoms with E-state index < -0.39 is 12.1 Å². The van der Waals surface area contributed by atoms with Crippen molar-refractivity contribution in [2.45, 2.75) is 31.8 Å². The third-order valence-corrected chi connectivity index (χ3v) is 3.65. The summed E-state index contributed by atoms with van der Waals surface area (Å²) in [4.78, 5) is 12.2. The van der Waals surface area contributed by atoms with Crippen LogP contribution in [0.15, 0.2) is 18.2 Å². The van der Waals surface area contributed by atoms with Crippen molar-refractivity contribution in [1.29, 1.82) is 0 Å². The van der Waals surface area contributed by atoms with Gasteiger partial charge in [0.15, 0.2) is 0 Å². The number of hydrogen-bond acceptors (Lipinski definition) is 3. The molecule has 1 aromatic rings. The summed E-state index contributed by atoms with van der Waals surface area (Å²) in [7, 11) is 1.70. The molecule has 0 fully saturated rings. The molecule has 0 aromatic heterocycles. The number of rotatable bonds is 5. The number of hydrogen-bond donors (Lipinski definition) is 2. The monoisotopic (exact) mass is 263 g/mol. The molecule has 0 aliphatic heterocycles. The van der Waals surface area contributed by atoms with Crippen molar-refractivity contribution < 1.29 is 15.0 Å². The Hall–Kier alpha value is -1.39. The lowest BCUT2D eigenvalue weighted by molar-refractivity contribution is -0.138. The van der Waals surface area contributed by atoms with Crippen LogP contribution in [-0.2, 0) is 17.6 Å². The molecular formula is C15H21NO3. The van der Waals surface area contributed by atoms with Crippen LogP contribution >= 0.6 is 0 Å². The molecule has 1 aliphatic carbocycles. The number of aliphatic hydroxyl groups excluding tert-OH is 1. The summed E-state index contributed by atoms with van der Waals surface area (Å²) in [6.07, 6.45) is 4.05. The maximum absolute atomic E-state index is 10.6. The van der Waals surface area contributed by atoms with E-state index >= 15 is 0 Å². The minimum Gasteiger partial charge on any atom is -0.480 e. The summed E-state index contributed by atoms with van der Waals surface area (Å²) in [5, 5.41) is 18.9. The molecule has 19 heavy (non-hydrogen) atoms. The van der Waals surface area contributed by atoms with Crippen LogP contribution in [0.5, 0.6) is 0 Å². The number of likely N-dealkylation sites (N-methyl/N-ethyl adjacent to an activating group) is 1. The summed E-state index contributed by atoms with van der Waals surface area (Å²) >= 11 is 0. The smallest absolute Gasteiger partial charge is 0.317 e. The summed E-state index contributed by atoms with van der Waals surface area (Å²) in [5.41, 5.74) is 3.61. The van der Waals surface area contributed by atoms with Crippen LogP contribution < -0.4 is 0 Å². The second-order valence-corrected chi connectivity index (χ2v) is 5.34. The van der Waals surface area contributed by atoms with Gasteiger partial charge in [0, 0.05) is 6.54 Å². The Morgan fingerprint density at radius 3 is 2.68 bits per heavy atom. The fourth-order valence-corrected chi connectivity index (χ4v) is 2.66. The Kier molecular flexibility index (Phi) is 4.56. The summed E-state index contributed by atoms with van der Waals surface area (Å²) in [5.74, 6) is -0.875. The Morgan fingerprint density at radius 1 is 1.32 bits per heavy atom. The van der Waals surface area contributed by atoms with E-state index in [1.54, 1.807) is 11.9 Å². The molecule has 1 unspecified atom stereocenters. The Morgan fingerprint density at radius 2 is 2.00 bits per heavy atom. The van der Waals surface area contributed by atoms with Crippen LogP contribution in [0, 0.1) is 0 Å². The van der Waals surface area contributed by atoms with Gasteiger partial charge in [0.1, 0.15) is 0 Å². The van der Waals surface area contributed by atoms with Crippen LogP contribution in [0.4, 0.5) is 0 Å². The number of aliphatic hydroxyl groups is 1. The second kappa shape index (κ2) is 6.17. The first kappa shape index (κ1) is 14.0. The maximum atomic E-state index is 10.6. The predicted octanol–water partition coefficient (Wildman–Crippen LogP) is 1.62. The van der Waals surface area contributed by atoms with Crippen molar-refractivity contribution in [3.63, 3.8) is 0 Å². The quantitative estimate of drug-likeness (QED) is 0.847. The first-order valence-corrected chi connectivity index (χ1v) is 6.76. The highest BCUT2D eigenvalue weighted by Crippen LogP contribution is 2.25. The Labute approximate surface area is 113 Å². The van der Waals surface area contributed by atoms with Crippen LogP contribution in [0.25, 0.3) is 0 Å². The highest BCUT2D eigenvalue weighted by atomic mass is 16.4. The van der Waals surface area contributed by atoms with Gasteiger partial charge in [-0.2, -0.15) is 0 Å². The fourth-order valence-electron chi connectivity index (χ4n) is 2.66. The number of carboxylic acids is 1. The van der Waals surface area contributed by atoms with Crippen molar-refractivity contribution in [2.75, 3.05) is 20.1 Å². The van der Waals surface area contributed by atoms with Crippen molar-refractivity contribution in [2.24, 2.45) is 0 Å². The molecule has 0 saturated heterocycles. The largest absolute Gasteiger partial charge is 0.480 e. The molecule has 0 bridgehead atoms. The van der Waals surface area contributed by atoms with Crippen molar-refractivity contribution in [3.05, 3.63) is 34.9 Å². The van der Waals surface area contributed by atoms with Crippen molar-refractivity contribution >= 4 is 5.97 Å². The number of carboxylic acid groups (broad SMARTS) is 1. The lowest BCUT2D eigenvalue weighted by atomic mass is 9.89. The first-order valence-electron chi connectivity index (χ1n) is 6.76. The van der Waals surface area contributed by atoms with Gasteiger partial charge < -0.3 is 10.2 Å².